The topological polar surface area (TPSA) is 91.7 Å². The molecule has 1 aromatic carbocycles. The van der Waals surface area contributed by atoms with Crippen LogP contribution in [-0.2, 0) is 0 Å². The Morgan fingerprint density at radius 2 is 2.05 bits per heavy atom. The number of pyridine rings is 1. The summed E-state index contributed by atoms with van der Waals surface area (Å²) >= 11 is 0. The van der Waals surface area contributed by atoms with E-state index >= 15 is 0 Å². The van der Waals surface area contributed by atoms with Crippen molar-refractivity contribution in [2.45, 2.75) is 0 Å². The lowest BCUT2D eigenvalue weighted by Gasteiger charge is -1.96. The van der Waals surface area contributed by atoms with E-state index in [1.165, 1.54) is 0 Å². The number of fused-ring (bicyclic) bond motifs is 3. The zero-order valence-corrected chi connectivity index (χ0v) is 11.4. The first kappa shape index (κ1) is 12.4. The van der Waals surface area contributed by atoms with E-state index in [1.807, 2.05) is 36.4 Å². The second kappa shape index (κ2) is 5.21. The summed E-state index contributed by atoms with van der Waals surface area (Å²) in [6, 6.07) is 11.6. The minimum Gasteiger partial charge on any atom is -0.338 e. The standard InChI is InChI=1S/C15H11N7/c1-2-6-12-11(5-1)13-14(18-12)19-15(22-20-13)21-17-9-10-4-3-7-16-8-10/h1-9H,(H2,18,19,21,22)/b17-9+. The van der Waals surface area contributed by atoms with Gasteiger partial charge in [-0.05, 0) is 12.1 Å². The van der Waals surface area contributed by atoms with Gasteiger partial charge in [-0.2, -0.15) is 10.1 Å². The normalized spacial score (nSPS) is 11.5. The van der Waals surface area contributed by atoms with Gasteiger partial charge in [0.05, 0.1) is 6.21 Å². The summed E-state index contributed by atoms with van der Waals surface area (Å²) < 4.78 is 0. The van der Waals surface area contributed by atoms with Gasteiger partial charge in [0, 0.05) is 28.9 Å². The van der Waals surface area contributed by atoms with Crippen molar-refractivity contribution >= 4 is 34.2 Å². The maximum Gasteiger partial charge on any atom is 0.265 e. The lowest BCUT2D eigenvalue weighted by atomic mass is 10.2. The molecule has 0 atom stereocenters. The number of hydrogen-bond acceptors (Lipinski definition) is 6. The minimum atomic E-state index is 0.333. The Morgan fingerprint density at radius 1 is 1.09 bits per heavy atom. The predicted octanol–water partition coefficient (Wildman–Crippen LogP) is 2.35. The molecule has 106 valence electrons. The first-order chi connectivity index (χ1) is 10.9. The number of benzene rings is 1. The lowest BCUT2D eigenvalue weighted by molar-refractivity contribution is 1.01. The molecule has 0 unspecified atom stereocenters. The first-order valence-corrected chi connectivity index (χ1v) is 6.70. The molecule has 7 nitrogen and oxygen atoms in total. The number of nitrogens with zero attached hydrogens (tertiary/aromatic N) is 5. The van der Waals surface area contributed by atoms with Crippen molar-refractivity contribution in [2.75, 3.05) is 5.43 Å². The summed E-state index contributed by atoms with van der Waals surface area (Å²) in [5.74, 6) is 0.333. The molecular formula is C15H11N7. The van der Waals surface area contributed by atoms with Crippen LogP contribution in [0.1, 0.15) is 5.56 Å². The molecule has 4 rings (SSSR count). The highest BCUT2D eigenvalue weighted by atomic mass is 15.4. The van der Waals surface area contributed by atoms with Gasteiger partial charge in [-0.3, -0.25) is 4.98 Å². The molecule has 0 aliphatic rings. The lowest BCUT2D eigenvalue weighted by Crippen LogP contribution is -1.99. The van der Waals surface area contributed by atoms with Crippen LogP contribution in [-0.4, -0.2) is 31.4 Å². The number of aromatic amines is 1. The smallest absolute Gasteiger partial charge is 0.265 e. The largest absolute Gasteiger partial charge is 0.338 e. The number of para-hydroxylation sites is 1. The molecule has 7 heteroatoms. The van der Waals surface area contributed by atoms with Crippen LogP contribution in [0.15, 0.2) is 53.9 Å². The molecule has 3 heterocycles. The first-order valence-electron chi connectivity index (χ1n) is 6.70. The summed E-state index contributed by atoms with van der Waals surface area (Å²) in [6.45, 7) is 0. The van der Waals surface area contributed by atoms with Crippen molar-refractivity contribution in [3.05, 3.63) is 54.4 Å². The third-order valence-corrected chi connectivity index (χ3v) is 3.18. The van der Waals surface area contributed by atoms with Crippen molar-refractivity contribution in [1.29, 1.82) is 0 Å². The molecule has 3 aromatic heterocycles. The molecule has 0 bridgehead atoms. The fourth-order valence-corrected chi connectivity index (χ4v) is 2.18. The van der Waals surface area contributed by atoms with Gasteiger partial charge in [-0.1, -0.05) is 24.3 Å². The van der Waals surface area contributed by atoms with Crippen LogP contribution in [0.3, 0.4) is 0 Å². The van der Waals surface area contributed by atoms with Gasteiger partial charge in [0.1, 0.15) is 5.52 Å². The fourth-order valence-electron chi connectivity index (χ4n) is 2.18. The summed E-state index contributed by atoms with van der Waals surface area (Å²) in [5.41, 5.74) is 6.06. The average Bonchev–Trinajstić information content (AvgIpc) is 2.93. The van der Waals surface area contributed by atoms with E-state index in [0.717, 1.165) is 22.0 Å². The molecular weight excluding hydrogens is 278 g/mol. The highest BCUT2D eigenvalue weighted by molar-refractivity contribution is 6.03. The number of nitrogens with one attached hydrogen (secondary N) is 2. The Bertz CT molecular complexity index is 959. The average molecular weight is 289 g/mol. The fraction of sp³-hybridized carbons (Fsp3) is 0. The van der Waals surface area contributed by atoms with Crippen molar-refractivity contribution in [3.8, 4) is 0 Å². The Hall–Kier alpha value is -3.35. The predicted molar refractivity (Wildman–Crippen MR) is 84.6 cm³/mol. The molecule has 0 aliphatic heterocycles. The van der Waals surface area contributed by atoms with E-state index in [-0.39, 0.29) is 0 Å². The number of aromatic nitrogens is 5. The third kappa shape index (κ3) is 2.24. The Labute approximate surface area is 125 Å². The number of H-pyrrole nitrogens is 1. The third-order valence-electron chi connectivity index (χ3n) is 3.18. The van der Waals surface area contributed by atoms with E-state index in [9.17, 15) is 0 Å². The maximum absolute atomic E-state index is 4.37. The van der Waals surface area contributed by atoms with Gasteiger partial charge >= 0.3 is 0 Å². The van der Waals surface area contributed by atoms with Gasteiger partial charge in [0.2, 0.25) is 0 Å². The monoisotopic (exact) mass is 289 g/mol. The Kier molecular flexibility index (Phi) is 2.93. The minimum absolute atomic E-state index is 0.333. The van der Waals surface area contributed by atoms with Crippen molar-refractivity contribution in [1.82, 2.24) is 25.1 Å². The summed E-state index contributed by atoms with van der Waals surface area (Å²) in [4.78, 5) is 11.6. The molecule has 4 aromatic rings. The molecule has 0 spiro atoms. The van der Waals surface area contributed by atoms with Gasteiger partial charge in [0.15, 0.2) is 5.65 Å². The van der Waals surface area contributed by atoms with Gasteiger partial charge in [-0.25, -0.2) is 5.43 Å². The Morgan fingerprint density at radius 3 is 2.95 bits per heavy atom. The highest BCUT2D eigenvalue weighted by Crippen LogP contribution is 2.21. The summed E-state index contributed by atoms with van der Waals surface area (Å²) in [7, 11) is 0. The van der Waals surface area contributed by atoms with Crippen LogP contribution in [0.2, 0.25) is 0 Å². The maximum atomic E-state index is 4.37. The van der Waals surface area contributed by atoms with Crippen LogP contribution in [0.25, 0.3) is 22.1 Å². The van der Waals surface area contributed by atoms with Crippen LogP contribution in [0.4, 0.5) is 5.95 Å². The molecule has 22 heavy (non-hydrogen) atoms. The number of rotatable bonds is 3. The Balaban J connectivity index is 1.63. The number of anilines is 1. The molecule has 0 saturated heterocycles. The van der Waals surface area contributed by atoms with Crippen LogP contribution in [0.5, 0.6) is 0 Å². The van der Waals surface area contributed by atoms with Gasteiger partial charge in [-0.15, -0.1) is 10.2 Å². The number of hydrogen-bond donors (Lipinski definition) is 2. The molecule has 0 amide bonds. The summed E-state index contributed by atoms with van der Waals surface area (Å²) in [6.07, 6.45) is 5.07. The van der Waals surface area contributed by atoms with E-state index in [0.29, 0.717) is 11.6 Å². The quantitative estimate of drug-likeness (QED) is 0.446. The van der Waals surface area contributed by atoms with Gasteiger partial charge < -0.3 is 4.98 Å². The van der Waals surface area contributed by atoms with E-state index in [4.69, 9.17) is 0 Å². The van der Waals surface area contributed by atoms with Crippen molar-refractivity contribution in [3.63, 3.8) is 0 Å². The molecule has 0 aliphatic carbocycles. The molecule has 0 fully saturated rings. The van der Waals surface area contributed by atoms with Crippen LogP contribution in [0, 0.1) is 0 Å². The highest BCUT2D eigenvalue weighted by Gasteiger charge is 2.07. The van der Waals surface area contributed by atoms with E-state index < -0.39 is 0 Å². The number of hydrazone groups is 1. The van der Waals surface area contributed by atoms with Crippen molar-refractivity contribution in [2.24, 2.45) is 5.10 Å². The van der Waals surface area contributed by atoms with E-state index in [1.54, 1.807) is 18.6 Å². The zero-order chi connectivity index (χ0) is 14.8. The zero-order valence-electron chi connectivity index (χ0n) is 11.4. The van der Waals surface area contributed by atoms with Crippen molar-refractivity contribution < 1.29 is 0 Å². The second-order valence-electron chi connectivity index (χ2n) is 4.66. The van der Waals surface area contributed by atoms with Crippen LogP contribution >= 0.6 is 0 Å². The van der Waals surface area contributed by atoms with E-state index in [2.05, 4.69) is 35.7 Å². The summed E-state index contributed by atoms with van der Waals surface area (Å²) in [5, 5.41) is 13.3. The molecule has 0 saturated carbocycles. The van der Waals surface area contributed by atoms with Gasteiger partial charge in [0.25, 0.3) is 5.95 Å². The molecule has 0 radical (unpaired) electrons. The molecule has 2 N–H and O–H groups in total. The second-order valence-corrected chi connectivity index (χ2v) is 4.66. The van der Waals surface area contributed by atoms with Crippen LogP contribution < -0.4 is 5.43 Å². The SMILES string of the molecule is C(=N\Nc1nnc2c(n1)[nH]c1ccccc12)/c1cccnc1.